The van der Waals surface area contributed by atoms with E-state index in [0.717, 1.165) is 37.9 Å². The van der Waals surface area contributed by atoms with Crippen LogP contribution in [0.5, 0.6) is 5.75 Å². The molecule has 0 bridgehead atoms. The van der Waals surface area contributed by atoms with E-state index in [4.69, 9.17) is 10.5 Å². The topological polar surface area (TPSA) is 129 Å². The third-order valence-electron chi connectivity index (χ3n) is 6.10. The van der Waals surface area contributed by atoms with Gasteiger partial charge in [0.25, 0.3) is 5.91 Å². The highest BCUT2D eigenvalue weighted by molar-refractivity contribution is 7.89. The lowest BCUT2D eigenvalue weighted by atomic mass is 10.1. The summed E-state index contributed by atoms with van der Waals surface area (Å²) in [4.78, 5) is 20.8. The molecule has 3 heterocycles. The van der Waals surface area contributed by atoms with Crippen molar-refractivity contribution >= 4 is 27.0 Å². The fraction of sp³-hybridized carbons (Fsp3) is 0.409. The second-order valence-electron chi connectivity index (χ2n) is 8.41. The summed E-state index contributed by atoms with van der Waals surface area (Å²) in [7, 11) is -3.02. The van der Waals surface area contributed by atoms with E-state index < -0.39 is 33.0 Å². The molecule has 1 aliphatic carbocycles. The number of halogens is 3. The summed E-state index contributed by atoms with van der Waals surface area (Å²) in [6, 6.07) is 1.87. The van der Waals surface area contributed by atoms with Gasteiger partial charge in [-0.25, -0.2) is 13.4 Å². The predicted molar refractivity (Wildman–Crippen MR) is 121 cm³/mol. The quantitative estimate of drug-likeness (QED) is 0.499. The molecule has 1 amide bonds. The number of amides is 1. The highest BCUT2D eigenvalue weighted by Gasteiger charge is 2.39. The lowest BCUT2D eigenvalue weighted by molar-refractivity contribution is -0.147. The molecule has 4 rings (SSSR count). The zero-order chi connectivity index (χ0) is 25.5. The Morgan fingerprint density at radius 3 is 2.46 bits per heavy atom. The summed E-state index contributed by atoms with van der Waals surface area (Å²) >= 11 is 0. The van der Waals surface area contributed by atoms with Gasteiger partial charge in [0.2, 0.25) is 10.0 Å². The number of nitrogens with two attached hydrogens (primary N) is 1. The van der Waals surface area contributed by atoms with Gasteiger partial charge in [0.1, 0.15) is 22.3 Å². The maximum Gasteiger partial charge on any atom is 0.404 e. The van der Waals surface area contributed by atoms with Gasteiger partial charge < -0.3 is 15.0 Å². The summed E-state index contributed by atoms with van der Waals surface area (Å²) in [5, 5.41) is 0.470. The van der Waals surface area contributed by atoms with Crippen LogP contribution in [0.3, 0.4) is 0 Å². The normalized spacial score (nSPS) is 16.0. The van der Waals surface area contributed by atoms with Crippen LogP contribution in [0, 0.1) is 0 Å². The van der Waals surface area contributed by atoms with Gasteiger partial charge in [0, 0.05) is 17.6 Å². The van der Waals surface area contributed by atoms with Crippen LogP contribution in [0.1, 0.15) is 49.0 Å². The lowest BCUT2D eigenvalue weighted by Crippen LogP contribution is -2.42. The van der Waals surface area contributed by atoms with Gasteiger partial charge in [-0.05, 0) is 38.0 Å². The number of aromatic nitrogens is 3. The first-order valence-corrected chi connectivity index (χ1v) is 12.4. The van der Waals surface area contributed by atoms with Crippen LogP contribution in [0.25, 0.3) is 22.4 Å². The van der Waals surface area contributed by atoms with Gasteiger partial charge in [-0.3, -0.25) is 9.78 Å². The van der Waals surface area contributed by atoms with Crippen molar-refractivity contribution in [2.45, 2.75) is 55.8 Å². The Balaban J connectivity index is 1.85. The molecule has 13 heteroatoms. The predicted octanol–water partition coefficient (Wildman–Crippen LogP) is 3.55. The third-order valence-corrected chi connectivity index (χ3v) is 7.63. The summed E-state index contributed by atoms with van der Waals surface area (Å²) in [6.45, 7) is 0.708. The van der Waals surface area contributed by atoms with Crippen LogP contribution in [-0.4, -0.2) is 48.2 Å². The van der Waals surface area contributed by atoms with Gasteiger partial charge in [-0.1, -0.05) is 12.8 Å². The van der Waals surface area contributed by atoms with Crippen LogP contribution in [0.15, 0.2) is 35.5 Å². The third kappa shape index (κ3) is 4.69. The van der Waals surface area contributed by atoms with Crippen molar-refractivity contribution in [1.82, 2.24) is 19.3 Å². The van der Waals surface area contributed by atoms with Crippen LogP contribution in [0.2, 0.25) is 0 Å². The molecule has 0 aromatic carbocycles. The SMILES string of the molecule is COc1cnc2c(c1)c(C(N)=O)c(-c1ccc(S(=O)(=O)N[C@@H](C)C(F)(F)F)cn1)n2C1CCCC1. The molecule has 9 nitrogen and oxygen atoms in total. The number of nitrogens with one attached hydrogen (secondary N) is 1. The van der Waals surface area contributed by atoms with Crippen LogP contribution in [0.4, 0.5) is 13.2 Å². The first-order chi connectivity index (χ1) is 16.4. The Bertz CT molecular complexity index is 1360. The number of hydrogen-bond acceptors (Lipinski definition) is 6. The number of rotatable bonds is 7. The van der Waals surface area contributed by atoms with Gasteiger partial charge in [-0.15, -0.1) is 0 Å². The molecule has 1 saturated carbocycles. The summed E-state index contributed by atoms with van der Waals surface area (Å²) in [6.07, 6.45) is 1.39. The number of fused-ring (bicyclic) bond motifs is 1. The van der Waals surface area contributed by atoms with E-state index in [1.165, 1.54) is 19.4 Å². The Labute approximate surface area is 199 Å². The van der Waals surface area contributed by atoms with Gasteiger partial charge >= 0.3 is 6.18 Å². The molecule has 1 atom stereocenters. The molecule has 3 aromatic heterocycles. The number of hydrogen-bond donors (Lipinski definition) is 2. The molecule has 0 saturated heterocycles. The first kappa shape index (κ1) is 24.9. The minimum atomic E-state index is -4.74. The van der Waals surface area contributed by atoms with Crippen molar-refractivity contribution in [3.63, 3.8) is 0 Å². The number of alkyl halides is 3. The molecule has 0 unspecified atom stereocenters. The number of carbonyl (C=O) groups is 1. The molecular formula is C22H24F3N5O4S. The van der Waals surface area contributed by atoms with Crippen LogP contribution < -0.4 is 15.2 Å². The minimum absolute atomic E-state index is 0.0148. The number of nitrogens with zero attached hydrogens (tertiary/aromatic N) is 3. The number of ether oxygens (including phenoxy) is 1. The van der Waals surface area contributed by atoms with E-state index in [9.17, 15) is 26.4 Å². The standard InChI is InChI=1S/C22H24F3N5O4S/c1-12(22(23,24)25)29-35(32,33)15-7-8-17(27-11-15)19-18(20(26)31)16-9-14(34-2)10-28-21(16)30(19)13-5-3-4-6-13/h7-13,29H,3-6H2,1-2H3,(H2,26,31)/t12-/m0/s1. The smallest absolute Gasteiger partial charge is 0.404 e. The number of pyridine rings is 2. The molecule has 0 radical (unpaired) electrons. The second kappa shape index (κ2) is 9.11. The number of carbonyl (C=O) groups excluding carboxylic acids is 1. The van der Waals surface area contributed by atoms with Crippen LogP contribution >= 0.6 is 0 Å². The average molecular weight is 512 g/mol. The van der Waals surface area contributed by atoms with E-state index in [2.05, 4.69) is 9.97 Å². The summed E-state index contributed by atoms with van der Waals surface area (Å²) < 4.78 is 72.2. The lowest BCUT2D eigenvalue weighted by Gasteiger charge is -2.18. The minimum Gasteiger partial charge on any atom is -0.495 e. The van der Waals surface area contributed by atoms with E-state index in [0.29, 0.717) is 29.4 Å². The molecule has 1 aliphatic rings. The molecule has 3 N–H and O–H groups in total. The van der Waals surface area contributed by atoms with Crippen molar-refractivity contribution in [2.75, 3.05) is 7.11 Å². The Hall–Kier alpha value is -3.19. The number of primary amides is 1. The van der Waals surface area contributed by atoms with Gasteiger partial charge in [0.15, 0.2) is 0 Å². The largest absolute Gasteiger partial charge is 0.495 e. The highest BCUT2D eigenvalue weighted by Crippen LogP contribution is 2.41. The molecular weight excluding hydrogens is 487 g/mol. The van der Waals surface area contributed by atoms with E-state index >= 15 is 0 Å². The van der Waals surface area contributed by atoms with E-state index in [1.807, 2.05) is 4.57 Å². The second-order valence-corrected chi connectivity index (χ2v) is 10.1. The zero-order valence-corrected chi connectivity index (χ0v) is 19.8. The Kier molecular flexibility index (Phi) is 6.49. The number of sulfonamides is 1. The van der Waals surface area contributed by atoms with E-state index in [-0.39, 0.29) is 17.3 Å². The fourth-order valence-corrected chi connectivity index (χ4v) is 5.52. The van der Waals surface area contributed by atoms with Crippen molar-refractivity contribution in [3.8, 4) is 17.1 Å². The molecule has 188 valence electrons. The highest BCUT2D eigenvalue weighted by atomic mass is 32.2. The Morgan fingerprint density at radius 2 is 1.91 bits per heavy atom. The monoisotopic (exact) mass is 511 g/mol. The van der Waals surface area contributed by atoms with Gasteiger partial charge in [-0.2, -0.15) is 17.9 Å². The molecule has 0 spiro atoms. The molecule has 1 fully saturated rings. The number of methoxy groups -OCH3 is 1. The molecule has 35 heavy (non-hydrogen) atoms. The average Bonchev–Trinajstić information content (AvgIpc) is 3.43. The summed E-state index contributed by atoms with van der Waals surface area (Å²) in [5.74, 6) is -0.301. The maximum absolute atomic E-state index is 12.8. The van der Waals surface area contributed by atoms with Crippen molar-refractivity contribution < 1.29 is 31.1 Å². The summed E-state index contributed by atoms with van der Waals surface area (Å²) in [5.41, 5.74) is 7.04. The van der Waals surface area contributed by atoms with Crippen LogP contribution in [-0.2, 0) is 10.0 Å². The zero-order valence-electron chi connectivity index (χ0n) is 19.0. The van der Waals surface area contributed by atoms with Gasteiger partial charge in [0.05, 0.1) is 30.3 Å². The van der Waals surface area contributed by atoms with E-state index in [1.54, 1.807) is 10.8 Å². The Morgan fingerprint density at radius 1 is 1.23 bits per heavy atom. The van der Waals surface area contributed by atoms with Crippen molar-refractivity contribution in [1.29, 1.82) is 0 Å². The van der Waals surface area contributed by atoms with Crippen molar-refractivity contribution in [3.05, 3.63) is 36.2 Å². The molecule has 0 aliphatic heterocycles. The molecule has 3 aromatic rings. The van der Waals surface area contributed by atoms with Crippen molar-refractivity contribution in [2.24, 2.45) is 5.73 Å². The maximum atomic E-state index is 12.8. The first-order valence-electron chi connectivity index (χ1n) is 10.9. The fourth-order valence-electron chi connectivity index (χ4n) is 4.35.